The highest BCUT2D eigenvalue weighted by Gasteiger charge is 2.30. The fourth-order valence-electron chi connectivity index (χ4n) is 8.03. The van der Waals surface area contributed by atoms with Crippen LogP contribution < -0.4 is 16.0 Å². The predicted molar refractivity (Wildman–Crippen MR) is 260 cm³/mol. The van der Waals surface area contributed by atoms with Gasteiger partial charge < -0.3 is 15.0 Å². The summed E-state index contributed by atoms with van der Waals surface area (Å²) in [5, 5.41) is 7.75. The first-order valence-electron chi connectivity index (χ1n) is 20.6. The molecule has 0 amide bonds. The van der Waals surface area contributed by atoms with Gasteiger partial charge in [-0.15, -0.1) is 0 Å². The van der Waals surface area contributed by atoms with Crippen LogP contribution in [0.15, 0.2) is 120 Å². The van der Waals surface area contributed by atoms with E-state index in [4.69, 9.17) is 22.0 Å². The molecule has 0 fully saturated rings. The van der Waals surface area contributed by atoms with Crippen molar-refractivity contribution < 1.29 is 60.3 Å². The number of nitrogens with one attached hydrogen (secondary N) is 6. The highest BCUT2D eigenvalue weighted by Crippen LogP contribution is 2.42. The third kappa shape index (κ3) is 9.06. The lowest BCUT2D eigenvalue weighted by Crippen LogP contribution is -2.25. The van der Waals surface area contributed by atoms with Gasteiger partial charge in [0.1, 0.15) is 27.8 Å². The summed E-state index contributed by atoms with van der Waals surface area (Å²) in [6, 6.07) is 16.6. The summed E-state index contributed by atoms with van der Waals surface area (Å²) in [7, 11) is -24.5. The number of nitrogens with zero attached hydrogens (tertiary/aromatic N) is 8. The number of sulfonamides is 1. The van der Waals surface area contributed by atoms with Gasteiger partial charge in [0.2, 0.25) is 16.5 Å². The average Bonchev–Trinajstić information content (AvgIpc) is 4.05. The van der Waals surface area contributed by atoms with Crippen molar-refractivity contribution >= 4 is 95.5 Å². The fraction of sp³-hybridized carbons (Fsp3) is 0. The van der Waals surface area contributed by atoms with Crippen molar-refractivity contribution in [1.29, 1.82) is 5.41 Å². The van der Waals surface area contributed by atoms with Crippen LogP contribution in [0.3, 0.4) is 0 Å². The number of fused-ring (bicyclic) bond motifs is 20. The fourth-order valence-corrected chi connectivity index (χ4v) is 11.5. The standard InChI is InChI=1S/C41H25ClN14O14S5/c42-39-53-40(43)55-41(54-39)44-16-1-10-30(75(68,69)70)29(11-16)56-71(57,58)17-2-6-21-25(12-17)35-47-31(21)45-32-23-8-4-19(73(62,63)64)14-27(23)37(49-32)52-38-28-15-20(74(65,66)67)5-9-24(28)34(50-38)46-33-22-7-3-18(72(59,60)61)13-26(22)36(48-33)51-35/h1-15,56H,(H,59,60,61)(H,62,63,64)(H,65,66,67)(H,68,69,70)(H3,43,44,53,54,55)(H2,45,46,47,48,49,50,51,52). The highest BCUT2D eigenvalue weighted by molar-refractivity contribution is 7.93. The molecule has 0 atom stereocenters. The zero-order chi connectivity index (χ0) is 53.3. The van der Waals surface area contributed by atoms with Gasteiger partial charge in [0, 0.05) is 44.2 Å². The Bertz CT molecular complexity index is 4890. The molecule has 3 aliphatic heterocycles. The summed E-state index contributed by atoms with van der Waals surface area (Å²) in [4.78, 5) is 43.4. The summed E-state index contributed by atoms with van der Waals surface area (Å²) < 4.78 is 171. The van der Waals surface area contributed by atoms with Crippen LogP contribution in [0.25, 0.3) is 90.4 Å². The molecule has 0 unspecified atom stereocenters. The molecular weight excluding hydrogens is 1110 g/mol. The molecule has 6 heterocycles. The Balaban J connectivity index is 1.17. The van der Waals surface area contributed by atoms with Crippen LogP contribution in [0.5, 0.6) is 0 Å². The maximum absolute atomic E-state index is 14.4. The van der Waals surface area contributed by atoms with Crippen molar-refractivity contribution in [3.63, 3.8) is 0 Å². The molecule has 0 saturated carbocycles. The lowest BCUT2D eigenvalue weighted by molar-refractivity contribution is 0.481. The van der Waals surface area contributed by atoms with Crippen LogP contribution in [-0.4, -0.2) is 115 Å². The first kappa shape index (κ1) is 49.0. The lowest BCUT2D eigenvalue weighted by Gasteiger charge is -2.13. The molecule has 75 heavy (non-hydrogen) atoms. The van der Waals surface area contributed by atoms with Crippen molar-refractivity contribution in [1.82, 2.24) is 54.8 Å². The maximum Gasteiger partial charge on any atom is 0.296 e. The van der Waals surface area contributed by atoms with E-state index in [-0.39, 0.29) is 107 Å². The first-order valence-corrected chi connectivity index (χ1v) is 28.2. The minimum atomic E-state index is -5.11. The van der Waals surface area contributed by atoms with Crippen LogP contribution in [0.4, 0.5) is 11.4 Å². The van der Waals surface area contributed by atoms with Crippen molar-refractivity contribution in [3.05, 3.63) is 108 Å². The maximum atomic E-state index is 14.4. The zero-order valence-corrected chi connectivity index (χ0v) is 41.4. The average molecular weight is 1130 g/mol. The van der Waals surface area contributed by atoms with E-state index >= 15 is 0 Å². The normalized spacial score (nSPS) is 13.3. The van der Waals surface area contributed by atoms with Crippen LogP contribution in [0.2, 0.25) is 5.28 Å². The molecule has 10 N–H and O–H groups in total. The van der Waals surface area contributed by atoms with Crippen molar-refractivity contribution in [3.8, 4) is 68.3 Å². The second-order valence-corrected chi connectivity index (χ2v) is 23.8. The van der Waals surface area contributed by atoms with Crippen molar-refractivity contribution in [2.24, 2.45) is 4.99 Å². The summed E-state index contributed by atoms with van der Waals surface area (Å²) in [5.74, 6) is -1.12. The molecule has 0 saturated heterocycles. The van der Waals surface area contributed by atoms with Gasteiger partial charge in [0.25, 0.3) is 50.5 Å². The number of H-pyrrole nitrogens is 4. The Hall–Kier alpha value is -8.25. The molecule has 8 bridgehead atoms. The Labute approximate surface area is 423 Å². The van der Waals surface area contributed by atoms with Crippen molar-refractivity contribution in [2.75, 3.05) is 4.72 Å². The van der Waals surface area contributed by atoms with Gasteiger partial charge in [-0.1, -0.05) is 0 Å². The summed E-state index contributed by atoms with van der Waals surface area (Å²) in [6.07, 6.45) is 0. The summed E-state index contributed by atoms with van der Waals surface area (Å²) in [6.45, 7) is 0. The van der Waals surface area contributed by atoms with E-state index in [2.05, 4.69) is 59.6 Å². The van der Waals surface area contributed by atoms with Gasteiger partial charge >= 0.3 is 0 Å². The summed E-state index contributed by atoms with van der Waals surface area (Å²) in [5.41, 5.74) is -1.20. The largest absolute Gasteiger partial charge is 0.324 e. The van der Waals surface area contributed by atoms with Gasteiger partial charge in [0.05, 0.1) is 31.0 Å². The Morgan fingerprint density at radius 3 is 1.55 bits per heavy atom. The topological polar surface area (TPSA) is 453 Å². The molecule has 0 aliphatic carbocycles. The molecule has 11 rings (SSSR count). The van der Waals surface area contributed by atoms with Crippen molar-refractivity contribution in [2.45, 2.75) is 24.5 Å². The molecule has 3 aromatic heterocycles. The molecule has 8 aromatic rings. The van der Waals surface area contributed by atoms with E-state index in [9.17, 15) is 60.3 Å². The Morgan fingerprint density at radius 2 is 0.960 bits per heavy atom. The Morgan fingerprint density at radius 1 is 0.467 bits per heavy atom. The summed E-state index contributed by atoms with van der Waals surface area (Å²) >= 11 is 5.90. The molecule has 28 nitrogen and oxygen atoms in total. The van der Waals surface area contributed by atoms with E-state index in [1.165, 1.54) is 24.3 Å². The number of benzene rings is 5. The second kappa shape index (κ2) is 16.9. The number of hydrogen-bond acceptors (Lipinski definition) is 19. The van der Waals surface area contributed by atoms with E-state index in [0.717, 1.165) is 66.7 Å². The van der Waals surface area contributed by atoms with Gasteiger partial charge in [0.15, 0.2) is 23.3 Å². The number of halogens is 1. The predicted octanol–water partition coefficient (Wildman–Crippen LogP) is 3.98. The molecule has 0 spiro atoms. The van der Waals surface area contributed by atoms with Crippen LogP contribution in [-0.2, 0) is 50.5 Å². The first-order chi connectivity index (χ1) is 35.2. The van der Waals surface area contributed by atoms with Gasteiger partial charge in [-0.25, -0.2) is 43.3 Å². The minimum Gasteiger partial charge on any atom is -0.324 e. The number of rotatable bonds is 8. The monoisotopic (exact) mass is 1130 g/mol. The molecule has 0 radical (unpaired) electrons. The molecular formula is C41H25ClN14O14S5. The van der Waals surface area contributed by atoms with Crippen LogP contribution >= 0.6 is 11.6 Å². The van der Waals surface area contributed by atoms with Gasteiger partial charge in [-0.3, -0.25) is 33.3 Å². The van der Waals surface area contributed by atoms with E-state index < -0.39 is 86.3 Å². The molecule has 34 heteroatoms. The SMILES string of the molecule is N=c1nc(Cl)[nH]c(=Nc2ccc(S(=O)(=O)O)c(NS(=O)(=O)c3ccc4c(c3)-c3nc-4nc4nc(nc5[nH]c(nc6nc([nH]3)-c3cc(S(=O)(=O)O)ccc3-6)c3ccc(S(=O)(=O)O)cc53)-c3cc(S(=O)(=O)O)ccc3-4)c2)[nH]1. The van der Waals surface area contributed by atoms with E-state index in [1.54, 1.807) is 0 Å². The quantitative estimate of drug-likeness (QED) is 0.0962. The van der Waals surface area contributed by atoms with E-state index in [0.29, 0.717) is 0 Å². The number of aromatic nitrogens is 11. The van der Waals surface area contributed by atoms with Crippen LogP contribution in [0.1, 0.15) is 0 Å². The number of anilines is 1. The number of hydrogen-bond donors (Lipinski definition) is 10. The number of aromatic amines is 4. The molecule has 380 valence electrons. The zero-order valence-electron chi connectivity index (χ0n) is 36.5. The third-order valence-electron chi connectivity index (χ3n) is 11.3. The smallest absolute Gasteiger partial charge is 0.296 e. The Kier molecular flexibility index (Phi) is 11.0. The molecule has 5 aromatic carbocycles. The van der Waals surface area contributed by atoms with Crippen LogP contribution in [0, 0.1) is 5.41 Å². The van der Waals surface area contributed by atoms with E-state index in [1.807, 2.05) is 0 Å². The lowest BCUT2D eigenvalue weighted by atomic mass is 10.1. The third-order valence-corrected chi connectivity index (χ3v) is 16.3. The van der Waals surface area contributed by atoms with Gasteiger partial charge in [-0.2, -0.15) is 38.7 Å². The minimum absolute atomic E-state index is 0.0106. The molecule has 3 aliphatic rings. The highest BCUT2D eigenvalue weighted by atomic mass is 35.5. The van der Waals surface area contributed by atoms with Gasteiger partial charge in [-0.05, 0) is 103 Å². The second-order valence-electron chi connectivity index (χ2n) is 16.1.